The number of rotatable bonds is 5. The van der Waals surface area contributed by atoms with Crippen molar-refractivity contribution in [2.45, 2.75) is 13.0 Å². The molecule has 0 bridgehead atoms. The summed E-state index contributed by atoms with van der Waals surface area (Å²) >= 11 is 5.76. The molecule has 1 rings (SSSR count). The quantitative estimate of drug-likeness (QED) is 0.788. The minimum absolute atomic E-state index is 0.0778. The number of nitrogens with zero attached hydrogens (tertiary/aromatic N) is 2. The van der Waals surface area contributed by atoms with Crippen LogP contribution in [0.1, 0.15) is 17.3 Å². The van der Waals surface area contributed by atoms with E-state index >= 15 is 0 Å². The SMILES string of the molecule is CC(CN(C)C)Nc1nc(Cl)ccc1C(=O)O. The molecule has 0 aliphatic heterocycles. The summed E-state index contributed by atoms with van der Waals surface area (Å²) < 4.78 is 0. The molecular formula is C11H16ClN3O2. The molecule has 94 valence electrons. The van der Waals surface area contributed by atoms with Gasteiger partial charge in [0.2, 0.25) is 0 Å². The number of carboxylic acids is 1. The van der Waals surface area contributed by atoms with Crippen LogP contribution in [0.3, 0.4) is 0 Å². The van der Waals surface area contributed by atoms with Crippen LogP contribution >= 0.6 is 11.6 Å². The van der Waals surface area contributed by atoms with E-state index in [-0.39, 0.29) is 16.8 Å². The predicted octanol–water partition coefficient (Wildman–Crippen LogP) is 1.80. The van der Waals surface area contributed by atoms with Crippen molar-refractivity contribution < 1.29 is 9.90 Å². The van der Waals surface area contributed by atoms with Crippen LogP contribution in [-0.4, -0.2) is 47.6 Å². The summed E-state index contributed by atoms with van der Waals surface area (Å²) in [6.07, 6.45) is 0. The normalized spacial score (nSPS) is 12.5. The second-order valence-electron chi connectivity index (χ2n) is 4.14. The van der Waals surface area contributed by atoms with Crippen molar-refractivity contribution in [3.63, 3.8) is 0 Å². The molecule has 0 aliphatic rings. The number of carbonyl (C=O) groups is 1. The average molecular weight is 258 g/mol. The fourth-order valence-electron chi connectivity index (χ4n) is 1.54. The second-order valence-corrected chi connectivity index (χ2v) is 4.53. The van der Waals surface area contributed by atoms with Gasteiger partial charge in [0.15, 0.2) is 0 Å². The van der Waals surface area contributed by atoms with Crippen molar-refractivity contribution in [3.05, 3.63) is 22.8 Å². The van der Waals surface area contributed by atoms with Crippen LogP contribution in [0.2, 0.25) is 5.15 Å². The number of carboxylic acid groups (broad SMARTS) is 1. The van der Waals surface area contributed by atoms with E-state index < -0.39 is 5.97 Å². The minimum Gasteiger partial charge on any atom is -0.478 e. The molecule has 1 heterocycles. The van der Waals surface area contributed by atoms with Crippen molar-refractivity contribution in [1.29, 1.82) is 0 Å². The molecule has 1 aromatic heterocycles. The largest absolute Gasteiger partial charge is 0.478 e. The highest BCUT2D eigenvalue weighted by molar-refractivity contribution is 6.29. The predicted molar refractivity (Wildman–Crippen MR) is 67.8 cm³/mol. The van der Waals surface area contributed by atoms with Crippen molar-refractivity contribution in [2.24, 2.45) is 0 Å². The summed E-state index contributed by atoms with van der Waals surface area (Å²) in [4.78, 5) is 17.0. The van der Waals surface area contributed by atoms with E-state index in [0.29, 0.717) is 5.82 Å². The third kappa shape index (κ3) is 4.20. The molecule has 5 nitrogen and oxygen atoms in total. The summed E-state index contributed by atoms with van der Waals surface area (Å²) in [7, 11) is 3.89. The van der Waals surface area contributed by atoms with Gasteiger partial charge in [-0.25, -0.2) is 9.78 Å². The fourth-order valence-corrected chi connectivity index (χ4v) is 1.69. The summed E-state index contributed by atoms with van der Waals surface area (Å²) in [5, 5.41) is 12.3. The molecule has 17 heavy (non-hydrogen) atoms. The molecule has 6 heteroatoms. The Morgan fingerprint density at radius 1 is 1.59 bits per heavy atom. The van der Waals surface area contributed by atoms with Gasteiger partial charge in [-0.15, -0.1) is 0 Å². The highest BCUT2D eigenvalue weighted by atomic mass is 35.5. The Labute approximate surface area is 105 Å². The number of nitrogens with one attached hydrogen (secondary N) is 1. The van der Waals surface area contributed by atoms with Gasteiger partial charge >= 0.3 is 5.97 Å². The first-order chi connectivity index (χ1) is 7.90. The first kappa shape index (κ1) is 13.7. The molecule has 0 aromatic carbocycles. The van der Waals surface area contributed by atoms with Gasteiger partial charge in [-0.1, -0.05) is 11.6 Å². The van der Waals surface area contributed by atoms with Gasteiger partial charge in [-0.05, 0) is 33.2 Å². The maximum Gasteiger partial charge on any atom is 0.339 e. The Morgan fingerprint density at radius 3 is 2.76 bits per heavy atom. The number of hydrogen-bond acceptors (Lipinski definition) is 4. The zero-order valence-corrected chi connectivity index (χ0v) is 10.8. The highest BCUT2D eigenvalue weighted by Crippen LogP contribution is 2.17. The lowest BCUT2D eigenvalue weighted by Crippen LogP contribution is -2.30. The molecule has 0 amide bonds. The number of halogens is 1. The molecular weight excluding hydrogens is 242 g/mol. The van der Waals surface area contributed by atoms with Crippen molar-refractivity contribution in [3.8, 4) is 0 Å². The fraction of sp³-hybridized carbons (Fsp3) is 0.455. The Bertz CT molecular complexity index is 410. The molecule has 0 spiro atoms. The molecule has 1 unspecified atom stereocenters. The summed E-state index contributed by atoms with van der Waals surface area (Å²) in [5.74, 6) is -0.715. The lowest BCUT2D eigenvalue weighted by atomic mass is 10.2. The number of pyridine rings is 1. The summed E-state index contributed by atoms with van der Waals surface area (Å²) in [5.41, 5.74) is 0.125. The maximum absolute atomic E-state index is 11.0. The van der Waals surface area contributed by atoms with Crippen molar-refractivity contribution in [2.75, 3.05) is 26.0 Å². The van der Waals surface area contributed by atoms with Gasteiger partial charge < -0.3 is 15.3 Å². The van der Waals surface area contributed by atoms with Gasteiger partial charge in [0.05, 0.1) is 0 Å². The standard InChI is InChI=1S/C11H16ClN3O2/c1-7(6-15(2)3)13-10-8(11(16)17)4-5-9(12)14-10/h4-5,7H,6H2,1-3H3,(H,13,14)(H,16,17). The first-order valence-electron chi connectivity index (χ1n) is 5.21. The van der Waals surface area contributed by atoms with E-state index in [1.807, 2.05) is 25.9 Å². The average Bonchev–Trinajstić information content (AvgIpc) is 2.15. The van der Waals surface area contributed by atoms with Crippen LogP contribution in [0, 0.1) is 0 Å². The van der Waals surface area contributed by atoms with Crippen LogP contribution in [0.5, 0.6) is 0 Å². The Balaban J connectivity index is 2.88. The van der Waals surface area contributed by atoms with Crippen molar-refractivity contribution >= 4 is 23.4 Å². The molecule has 0 radical (unpaired) electrons. The van der Waals surface area contributed by atoms with E-state index in [0.717, 1.165) is 6.54 Å². The lowest BCUT2D eigenvalue weighted by Gasteiger charge is -2.19. The minimum atomic E-state index is -1.02. The monoisotopic (exact) mass is 257 g/mol. The Morgan fingerprint density at radius 2 is 2.24 bits per heavy atom. The van der Waals surface area contributed by atoms with Gasteiger partial charge in [-0.2, -0.15) is 0 Å². The lowest BCUT2D eigenvalue weighted by molar-refractivity contribution is 0.0697. The topological polar surface area (TPSA) is 65.5 Å². The molecule has 0 aliphatic carbocycles. The highest BCUT2D eigenvalue weighted by Gasteiger charge is 2.14. The number of aromatic carboxylic acids is 1. The molecule has 1 atom stereocenters. The maximum atomic E-state index is 11.0. The van der Waals surface area contributed by atoms with Gasteiger partial charge in [0.1, 0.15) is 16.5 Å². The molecule has 2 N–H and O–H groups in total. The van der Waals surface area contributed by atoms with E-state index in [1.54, 1.807) is 0 Å². The number of hydrogen-bond donors (Lipinski definition) is 2. The summed E-state index contributed by atoms with van der Waals surface area (Å²) in [6.45, 7) is 2.72. The molecule has 0 saturated carbocycles. The van der Waals surface area contributed by atoms with Crippen LogP contribution in [0.15, 0.2) is 12.1 Å². The van der Waals surface area contributed by atoms with Gasteiger partial charge in [-0.3, -0.25) is 0 Å². The third-order valence-electron chi connectivity index (χ3n) is 2.11. The van der Waals surface area contributed by atoms with Crippen LogP contribution in [0.4, 0.5) is 5.82 Å². The van der Waals surface area contributed by atoms with E-state index in [4.69, 9.17) is 16.7 Å². The molecule has 0 fully saturated rings. The zero-order chi connectivity index (χ0) is 13.0. The van der Waals surface area contributed by atoms with E-state index in [9.17, 15) is 4.79 Å². The Hall–Kier alpha value is -1.33. The van der Waals surface area contributed by atoms with Crippen molar-refractivity contribution in [1.82, 2.24) is 9.88 Å². The first-order valence-corrected chi connectivity index (χ1v) is 5.59. The second kappa shape index (κ2) is 5.84. The zero-order valence-electron chi connectivity index (χ0n) is 10.1. The van der Waals surface area contributed by atoms with Crippen LogP contribution in [-0.2, 0) is 0 Å². The van der Waals surface area contributed by atoms with E-state index in [2.05, 4.69) is 10.3 Å². The van der Waals surface area contributed by atoms with Crippen LogP contribution < -0.4 is 5.32 Å². The number of likely N-dealkylation sites (N-methyl/N-ethyl adjacent to an activating group) is 1. The molecule has 1 aromatic rings. The number of anilines is 1. The number of aromatic nitrogens is 1. The third-order valence-corrected chi connectivity index (χ3v) is 2.32. The summed E-state index contributed by atoms with van der Waals surface area (Å²) in [6, 6.07) is 2.99. The van der Waals surface area contributed by atoms with Gasteiger partial charge in [0, 0.05) is 12.6 Å². The van der Waals surface area contributed by atoms with Gasteiger partial charge in [0.25, 0.3) is 0 Å². The Kier molecular flexibility index (Phi) is 4.72. The van der Waals surface area contributed by atoms with E-state index in [1.165, 1.54) is 12.1 Å². The molecule has 0 saturated heterocycles. The smallest absolute Gasteiger partial charge is 0.339 e. The van der Waals surface area contributed by atoms with Crippen LogP contribution in [0.25, 0.3) is 0 Å².